The summed E-state index contributed by atoms with van der Waals surface area (Å²) in [7, 11) is -1.69. The minimum absolute atomic E-state index is 0.0431. The van der Waals surface area contributed by atoms with E-state index in [0.717, 1.165) is 13.0 Å². The number of hydrogen-bond donors (Lipinski definition) is 1. The first kappa shape index (κ1) is 16.2. The molecule has 0 aromatic rings. The van der Waals surface area contributed by atoms with Crippen LogP contribution >= 0.6 is 0 Å². The molecule has 1 saturated heterocycles. The van der Waals surface area contributed by atoms with Gasteiger partial charge in [0.1, 0.15) is 0 Å². The Hall–Kier alpha value is -0.210. The van der Waals surface area contributed by atoms with Crippen molar-refractivity contribution in [3.8, 4) is 0 Å². The molecule has 1 saturated carbocycles. The highest BCUT2D eigenvalue weighted by atomic mass is 32.2. The van der Waals surface area contributed by atoms with Gasteiger partial charge in [-0.25, -0.2) is 0 Å². The third kappa shape index (κ3) is 4.39. The molecule has 0 radical (unpaired) electrons. The SMILES string of the molecule is CC1CN(S(=O)(=O)N(C)CCCNC2CC2)CC(C)O1. The molecule has 0 amide bonds. The molecule has 1 aliphatic heterocycles. The van der Waals surface area contributed by atoms with Gasteiger partial charge in [-0.2, -0.15) is 17.0 Å². The van der Waals surface area contributed by atoms with Crippen molar-refractivity contribution in [2.45, 2.75) is 51.4 Å². The Morgan fingerprint density at radius 2 is 1.85 bits per heavy atom. The second kappa shape index (κ2) is 6.70. The van der Waals surface area contributed by atoms with Crippen LogP contribution in [-0.4, -0.2) is 68.5 Å². The zero-order chi connectivity index (χ0) is 14.8. The molecule has 0 spiro atoms. The summed E-state index contributed by atoms with van der Waals surface area (Å²) in [6, 6.07) is 0.679. The maximum Gasteiger partial charge on any atom is 0.281 e. The molecule has 6 nitrogen and oxygen atoms in total. The molecule has 0 aromatic carbocycles. The maximum absolute atomic E-state index is 12.5. The molecule has 0 bridgehead atoms. The van der Waals surface area contributed by atoms with E-state index in [1.165, 1.54) is 17.1 Å². The lowest BCUT2D eigenvalue weighted by Gasteiger charge is -2.36. The lowest BCUT2D eigenvalue weighted by molar-refractivity contribution is -0.0453. The van der Waals surface area contributed by atoms with Crippen molar-refractivity contribution >= 4 is 10.2 Å². The van der Waals surface area contributed by atoms with E-state index in [9.17, 15) is 8.42 Å². The van der Waals surface area contributed by atoms with Gasteiger partial charge in [-0.05, 0) is 39.7 Å². The second-order valence-corrected chi connectivity index (χ2v) is 8.02. The minimum atomic E-state index is -3.35. The Kier molecular flexibility index (Phi) is 5.42. The van der Waals surface area contributed by atoms with Gasteiger partial charge in [-0.15, -0.1) is 0 Å². The molecule has 2 atom stereocenters. The van der Waals surface area contributed by atoms with Crippen LogP contribution in [0.1, 0.15) is 33.1 Å². The van der Waals surface area contributed by atoms with Crippen molar-refractivity contribution in [2.24, 2.45) is 0 Å². The lowest BCUT2D eigenvalue weighted by Crippen LogP contribution is -2.52. The number of morpholine rings is 1. The summed E-state index contributed by atoms with van der Waals surface area (Å²) in [5, 5.41) is 3.40. The quantitative estimate of drug-likeness (QED) is 0.692. The Labute approximate surface area is 122 Å². The van der Waals surface area contributed by atoms with Gasteiger partial charge in [0.15, 0.2) is 0 Å². The number of hydrogen-bond acceptors (Lipinski definition) is 4. The predicted molar refractivity (Wildman–Crippen MR) is 78.8 cm³/mol. The first-order valence-corrected chi connectivity index (χ1v) is 8.89. The highest BCUT2D eigenvalue weighted by Gasteiger charge is 2.33. The fourth-order valence-electron chi connectivity index (χ4n) is 2.53. The highest BCUT2D eigenvalue weighted by Crippen LogP contribution is 2.19. The Bertz CT molecular complexity index is 401. The fraction of sp³-hybridized carbons (Fsp3) is 1.00. The Morgan fingerprint density at radius 3 is 2.40 bits per heavy atom. The van der Waals surface area contributed by atoms with Crippen LogP contribution in [-0.2, 0) is 14.9 Å². The van der Waals surface area contributed by atoms with Crippen LogP contribution in [0.25, 0.3) is 0 Å². The minimum Gasteiger partial charge on any atom is -0.373 e. The monoisotopic (exact) mass is 305 g/mol. The van der Waals surface area contributed by atoms with E-state index in [0.29, 0.717) is 25.7 Å². The number of nitrogens with one attached hydrogen (secondary N) is 1. The Morgan fingerprint density at radius 1 is 1.25 bits per heavy atom. The van der Waals surface area contributed by atoms with E-state index in [1.54, 1.807) is 11.4 Å². The Balaban J connectivity index is 1.80. The van der Waals surface area contributed by atoms with Gasteiger partial charge in [-0.1, -0.05) is 0 Å². The zero-order valence-corrected chi connectivity index (χ0v) is 13.5. The average molecular weight is 305 g/mol. The van der Waals surface area contributed by atoms with Crippen molar-refractivity contribution in [1.29, 1.82) is 0 Å². The molecular weight excluding hydrogens is 278 g/mol. The van der Waals surface area contributed by atoms with Gasteiger partial charge in [0.2, 0.25) is 0 Å². The predicted octanol–water partition coefficient (Wildman–Crippen LogP) is 0.414. The summed E-state index contributed by atoms with van der Waals surface area (Å²) in [5.41, 5.74) is 0. The van der Waals surface area contributed by atoms with Gasteiger partial charge in [0.25, 0.3) is 10.2 Å². The fourth-order valence-corrected chi connectivity index (χ4v) is 4.08. The number of ether oxygens (including phenoxy) is 1. The van der Waals surface area contributed by atoms with E-state index in [1.807, 2.05) is 13.8 Å². The zero-order valence-electron chi connectivity index (χ0n) is 12.7. The summed E-state index contributed by atoms with van der Waals surface area (Å²) in [6.45, 7) is 6.16. The van der Waals surface area contributed by atoms with Crippen molar-refractivity contribution in [3.05, 3.63) is 0 Å². The third-order valence-electron chi connectivity index (χ3n) is 3.77. The number of nitrogens with zero attached hydrogens (tertiary/aromatic N) is 2. The van der Waals surface area contributed by atoms with Crippen LogP contribution < -0.4 is 5.32 Å². The summed E-state index contributed by atoms with van der Waals surface area (Å²) in [4.78, 5) is 0. The molecule has 20 heavy (non-hydrogen) atoms. The molecule has 1 aliphatic carbocycles. The molecule has 1 N–H and O–H groups in total. The van der Waals surface area contributed by atoms with Gasteiger partial charge >= 0.3 is 0 Å². The highest BCUT2D eigenvalue weighted by molar-refractivity contribution is 7.86. The van der Waals surface area contributed by atoms with Crippen molar-refractivity contribution in [2.75, 3.05) is 33.2 Å². The summed E-state index contributed by atoms with van der Waals surface area (Å²) < 4.78 is 33.6. The average Bonchev–Trinajstić information content (AvgIpc) is 3.17. The van der Waals surface area contributed by atoms with Gasteiger partial charge in [0, 0.05) is 32.7 Å². The van der Waals surface area contributed by atoms with Crippen molar-refractivity contribution in [3.63, 3.8) is 0 Å². The van der Waals surface area contributed by atoms with Crippen LogP contribution in [0.5, 0.6) is 0 Å². The van der Waals surface area contributed by atoms with E-state index >= 15 is 0 Å². The van der Waals surface area contributed by atoms with Crippen LogP contribution in [0, 0.1) is 0 Å². The molecular formula is C13H27N3O3S. The van der Waals surface area contributed by atoms with E-state index in [-0.39, 0.29) is 12.2 Å². The molecule has 1 heterocycles. The van der Waals surface area contributed by atoms with Crippen LogP contribution in [0.2, 0.25) is 0 Å². The molecule has 2 aliphatic rings. The van der Waals surface area contributed by atoms with Crippen LogP contribution in [0.15, 0.2) is 0 Å². The lowest BCUT2D eigenvalue weighted by atomic mass is 10.3. The van der Waals surface area contributed by atoms with Crippen molar-refractivity contribution < 1.29 is 13.2 Å². The first-order chi connectivity index (χ1) is 9.39. The van der Waals surface area contributed by atoms with E-state index in [4.69, 9.17) is 4.74 Å². The summed E-state index contributed by atoms with van der Waals surface area (Å²) in [6.07, 6.45) is 3.29. The van der Waals surface area contributed by atoms with Crippen molar-refractivity contribution in [1.82, 2.24) is 13.9 Å². The van der Waals surface area contributed by atoms with E-state index < -0.39 is 10.2 Å². The first-order valence-electron chi connectivity index (χ1n) is 7.50. The topological polar surface area (TPSA) is 61.9 Å². The second-order valence-electron chi connectivity index (χ2n) is 5.99. The van der Waals surface area contributed by atoms with Crippen LogP contribution in [0.4, 0.5) is 0 Å². The molecule has 118 valence electrons. The largest absolute Gasteiger partial charge is 0.373 e. The molecule has 2 rings (SSSR count). The normalized spacial score (nSPS) is 29.0. The summed E-state index contributed by atoms with van der Waals surface area (Å²) >= 11 is 0. The van der Waals surface area contributed by atoms with Crippen LogP contribution in [0.3, 0.4) is 0 Å². The smallest absolute Gasteiger partial charge is 0.281 e. The third-order valence-corrected chi connectivity index (χ3v) is 5.69. The number of rotatable bonds is 7. The maximum atomic E-state index is 12.5. The molecule has 2 unspecified atom stereocenters. The van der Waals surface area contributed by atoms with Gasteiger partial charge in [-0.3, -0.25) is 0 Å². The molecule has 7 heteroatoms. The molecule has 0 aromatic heterocycles. The van der Waals surface area contributed by atoms with Gasteiger partial charge < -0.3 is 10.1 Å². The van der Waals surface area contributed by atoms with Gasteiger partial charge in [0.05, 0.1) is 12.2 Å². The van der Waals surface area contributed by atoms with E-state index in [2.05, 4.69) is 5.32 Å². The summed E-state index contributed by atoms with van der Waals surface area (Å²) in [5.74, 6) is 0. The standard InChI is InChI=1S/C13H27N3O3S/c1-11-9-16(10-12(2)19-11)20(17,18)15(3)8-4-7-14-13-5-6-13/h11-14H,4-10H2,1-3H3. The molecule has 2 fully saturated rings.